The zero-order chi connectivity index (χ0) is 11.1. The van der Waals surface area contributed by atoms with Gasteiger partial charge in [0.05, 0.1) is 6.04 Å². The third-order valence-electron chi connectivity index (χ3n) is 2.32. The fourth-order valence-corrected chi connectivity index (χ4v) is 1.56. The van der Waals surface area contributed by atoms with E-state index in [-0.39, 0.29) is 6.04 Å². The van der Waals surface area contributed by atoms with Crippen molar-refractivity contribution in [1.29, 1.82) is 0 Å². The Morgan fingerprint density at radius 2 is 2.33 bits per heavy atom. The number of ether oxygens (including phenoxy) is 1. The van der Waals surface area contributed by atoms with Crippen LogP contribution in [-0.4, -0.2) is 22.8 Å². The summed E-state index contributed by atoms with van der Waals surface area (Å²) in [6.07, 6.45) is 5.72. The van der Waals surface area contributed by atoms with E-state index in [2.05, 4.69) is 16.5 Å². The lowest BCUT2D eigenvalue weighted by Crippen LogP contribution is -2.18. The number of hydrogen-bond acceptors (Lipinski definition) is 3. The van der Waals surface area contributed by atoms with Gasteiger partial charge in [-0.2, -0.15) is 0 Å². The Morgan fingerprint density at radius 1 is 1.53 bits per heavy atom. The zero-order valence-corrected chi connectivity index (χ0v) is 9.65. The van der Waals surface area contributed by atoms with Gasteiger partial charge < -0.3 is 15.0 Å². The summed E-state index contributed by atoms with van der Waals surface area (Å²) in [5.74, 6) is 0.969. The molecule has 0 aliphatic heterocycles. The molecular weight excluding hydrogens is 190 g/mol. The molecule has 1 aromatic heterocycles. The first-order valence-corrected chi connectivity index (χ1v) is 5.63. The van der Waals surface area contributed by atoms with Gasteiger partial charge in [-0.25, -0.2) is 4.98 Å². The SMILES string of the molecule is CCCn1ccnc1C(N)CCOCC. The molecule has 1 rings (SSSR count). The number of aryl methyl sites for hydroxylation is 1. The van der Waals surface area contributed by atoms with Crippen LogP contribution in [0.2, 0.25) is 0 Å². The van der Waals surface area contributed by atoms with Crippen molar-refractivity contribution in [2.24, 2.45) is 5.73 Å². The Hall–Kier alpha value is -0.870. The quantitative estimate of drug-likeness (QED) is 0.699. The van der Waals surface area contributed by atoms with Gasteiger partial charge in [-0.15, -0.1) is 0 Å². The summed E-state index contributed by atoms with van der Waals surface area (Å²) in [4.78, 5) is 4.30. The second-order valence-corrected chi connectivity index (χ2v) is 3.57. The summed E-state index contributed by atoms with van der Waals surface area (Å²) in [5, 5.41) is 0. The highest BCUT2D eigenvalue weighted by Gasteiger charge is 2.11. The lowest BCUT2D eigenvalue weighted by molar-refractivity contribution is 0.139. The summed E-state index contributed by atoms with van der Waals surface area (Å²) in [6.45, 7) is 6.57. The van der Waals surface area contributed by atoms with Gasteiger partial charge in [-0.1, -0.05) is 6.92 Å². The summed E-state index contributed by atoms with van der Waals surface area (Å²) < 4.78 is 7.41. The molecule has 4 heteroatoms. The predicted octanol–water partition coefficient (Wildman–Crippen LogP) is 1.72. The number of hydrogen-bond donors (Lipinski definition) is 1. The first-order valence-electron chi connectivity index (χ1n) is 5.63. The van der Waals surface area contributed by atoms with Crippen molar-refractivity contribution in [3.63, 3.8) is 0 Å². The van der Waals surface area contributed by atoms with Crippen molar-refractivity contribution in [2.75, 3.05) is 13.2 Å². The average molecular weight is 211 g/mol. The third kappa shape index (κ3) is 3.64. The number of nitrogens with two attached hydrogens (primary N) is 1. The third-order valence-corrected chi connectivity index (χ3v) is 2.32. The summed E-state index contributed by atoms with van der Waals surface area (Å²) in [7, 11) is 0. The van der Waals surface area contributed by atoms with Crippen LogP contribution >= 0.6 is 0 Å². The van der Waals surface area contributed by atoms with E-state index in [9.17, 15) is 0 Å². The van der Waals surface area contributed by atoms with Gasteiger partial charge in [-0.3, -0.25) is 0 Å². The molecule has 0 aliphatic carbocycles. The highest BCUT2D eigenvalue weighted by molar-refractivity contribution is 4.98. The van der Waals surface area contributed by atoms with Gasteiger partial charge in [0.1, 0.15) is 5.82 Å². The number of aromatic nitrogens is 2. The molecule has 4 nitrogen and oxygen atoms in total. The Morgan fingerprint density at radius 3 is 3.00 bits per heavy atom. The standard InChI is InChI=1S/C11H21N3O/c1-3-7-14-8-6-13-11(14)10(12)5-9-15-4-2/h6,8,10H,3-5,7,9,12H2,1-2H3. The second kappa shape index (κ2) is 6.58. The van der Waals surface area contributed by atoms with Crippen LogP contribution in [0.25, 0.3) is 0 Å². The zero-order valence-electron chi connectivity index (χ0n) is 9.65. The minimum Gasteiger partial charge on any atom is -0.382 e. The minimum absolute atomic E-state index is 0.0156. The monoisotopic (exact) mass is 211 g/mol. The Labute approximate surface area is 91.4 Å². The number of rotatable bonds is 7. The Kier molecular flexibility index (Phi) is 5.36. The molecule has 0 fully saturated rings. The van der Waals surface area contributed by atoms with Crippen molar-refractivity contribution in [2.45, 2.75) is 39.3 Å². The molecule has 0 bridgehead atoms. The molecule has 1 unspecified atom stereocenters. The summed E-state index contributed by atoms with van der Waals surface area (Å²) in [5.41, 5.74) is 6.05. The van der Waals surface area contributed by atoms with E-state index in [1.807, 2.05) is 19.3 Å². The molecule has 0 aromatic carbocycles. The first kappa shape index (κ1) is 12.2. The number of imidazole rings is 1. The van der Waals surface area contributed by atoms with Crippen LogP contribution in [-0.2, 0) is 11.3 Å². The molecule has 0 radical (unpaired) electrons. The molecule has 0 amide bonds. The molecule has 86 valence electrons. The van der Waals surface area contributed by atoms with Gasteiger partial charge in [-0.05, 0) is 19.8 Å². The highest BCUT2D eigenvalue weighted by atomic mass is 16.5. The molecule has 1 aromatic rings. The van der Waals surface area contributed by atoms with E-state index in [1.165, 1.54) is 0 Å². The fourth-order valence-electron chi connectivity index (χ4n) is 1.56. The van der Waals surface area contributed by atoms with Gasteiger partial charge in [0.15, 0.2) is 0 Å². The molecule has 1 atom stereocenters. The normalized spacial score (nSPS) is 13.0. The molecule has 2 N–H and O–H groups in total. The van der Waals surface area contributed by atoms with Gasteiger partial charge in [0, 0.05) is 32.2 Å². The van der Waals surface area contributed by atoms with E-state index in [0.29, 0.717) is 6.61 Å². The van der Waals surface area contributed by atoms with Crippen LogP contribution in [0, 0.1) is 0 Å². The molecule has 0 saturated carbocycles. The molecule has 0 aliphatic rings. The van der Waals surface area contributed by atoms with E-state index in [0.717, 1.165) is 31.8 Å². The van der Waals surface area contributed by atoms with E-state index < -0.39 is 0 Å². The first-order chi connectivity index (χ1) is 7.29. The minimum atomic E-state index is -0.0156. The van der Waals surface area contributed by atoms with Crippen molar-refractivity contribution < 1.29 is 4.74 Å². The van der Waals surface area contributed by atoms with Crippen LogP contribution in [0.15, 0.2) is 12.4 Å². The van der Waals surface area contributed by atoms with Crippen LogP contribution in [0.3, 0.4) is 0 Å². The summed E-state index contributed by atoms with van der Waals surface area (Å²) >= 11 is 0. The smallest absolute Gasteiger partial charge is 0.125 e. The Bertz CT molecular complexity index is 273. The van der Waals surface area contributed by atoms with E-state index in [4.69, 9.17) is 10.5 Å². The van der Waals surface area contributed by atoms with Crippen LogP contribution in [0.1, 0.15) is 38.6 Å². The lowest BCUT2D eigenvalue weighted by atomic mass is 10.2. The summed E-state index contributed by atoms with van der Waals surface area (Å²) in [6, 6.07) is -0.0156. The molecule has 1 heterocycles. The largest absolute Gasteiger partial charge is 0.382 e. The van der Waals surface area contributed by atoms with Gasteiger partial charge in [0.25, 0.3) is 0 Å². The average Bonchev–Trinajstić information content (AvgIpc) is 2.67. The van der Waals surface area contributed by atoms with Crippen LogP contribution in [0.5, 0.6) is 0 Å². The van der Waals surface area contributed by atoms with Crippen molar-refractivity contribution in [3.8, 4) is 0 Å². The second-order valence-electron chi connectivity index (χ2n) is 3.57. The highest BCUT2D eigenvalue weighted by Crippen LogP contribution is 2.12. The number of nitrogens with zero attached hydrogens (tertiary/aromatic N) is 2. The van der Waals surface area contributed by atoms with Crippen molar-refractivity contribution in [3.05, 3.63) is 18.2 Å². The van der Waals surface area contributed by atoms with Crippen LogP contribution < -0.4 is 5.73 Å². The van der Waals surface area contributed by atoms with Gasteiger partial charge >= 0.3 is 0 Å². The van der Waals surface area contributed by atoms with Crippen molar-refractivity contribution in [1.82, 2.24) is 9.55 Å². The molecular formula is C11H21N3O. The predicted molar refractivity (Wildman–Crippen MR) is 60.6 cm³/mol. The van der Waals surface area contributed by atoms with E-state index >= 15 is 0 Å². The van der Waals surface area contributed by atoms with E-state index in [1.54, 1.807) is 0 Å². The van der Waals surface area contributed by atoms with Gasteiger partial charge in [0.2, 0.25) is 0 Å². The topological polar surface area (TPSA) is 53.1 Å². The van der Waals surface area contributed by atoms with Crippen molar-refractivity contribution >= 4 is 0 Å². The lowest BCUT2D eigenvalue weighted by Gasteiger charge is -2.13. The fraction of sp³-hybridized carbons (Fsp3) is 0.727. The maximum Gasteiger partial charge on any atom is 0.125 e. The van der Waals surface area contributed by atoms with Crippen LogP contribution in [0.4, 0.5) is 0 Å². The molecule has 0 spiro atoms. The molecule has 15 heavy (non-hydrogen) atoms. The maximum atomic E-state index is 6.05. The molecule has 0 saturated heterocycles. The Balaban J connectivity index is 2.48. The maximum absolute atomic E-state index is 6.05.